The van der Waals surface area contributed by atoms with Crippen molar-refractivity contribution < 1.29 is 9.53 Å². The van der Waals surface area contributed by atoms with Gasteiger partial charge < -0.3 is 4.74 Å². The highest BCUT2D eigenvalue weighted by atomic mass is 16.5. The molecule has 4 aromatic carbocycles. The molecule has 0 spiro atoms. The zero-order valence-electron chi connectivity index (χ0n) is 19.3. The van der Waals surface area contributed by atoms with Crippen molar-refractivity contribution in [2.24, 2.45) is 5.10 Å². The van der Waals surface area contributed by atoms with E-state index in [0.29, 0.717) is 5.75 Å². The van der Waals surface area contributed by atoms with Crippen molar-refractivity contribution in [1.82, 2.24) is 15.2 Å². The Bertz CT molecular complexity index is 1500. The number of hydrogen-bond acceptors (Lipinski definition) is 4. The van der Waals surface area contributed by atoms with Crippen LogP contribution in [0.5, 0.6) is 5.75 Å². The molecule has 0 saturated heterocycles. The first kappa shape index (κ1) is 22.1. The second kappa shape index (κ2) is 10.1. The average Bonchev–Trinajstić information content (AvgIpc) is 3.32. The van der Waals surface area contributed by atoms with Crippen molar-refractivity contribution >= 4 is 22.9 Å². The number of para-hydroxylation sites is 1. The molecule has 5 rings (SSSR count). The van der Waals surface area contributed by atoms with Crippen molar-refractivity contribution in [2.75, 3.05) is 6.61 Å². The summed E-state index contributed by atoms with van der Waals surface area (Å²) in [4.78, 5) is 12.4. The summed E-state index contributed by atoms with van der Waals surface area (Å²) in [5, 5.41) is 11.0. The quantitative estimate of drug-likeness (QED) is 0.256. The lowest BCUT2D eigenvalue weighted by atomic mass is 10.1. The number of carbonyl (C=O) groups is 1. The molecule has 0 aliphatic rings. The van der Waals surface area contributed by atoms with Crippen LogP contribution in [0.3, 0.4) is 0 Å². The second-order valence-corrected chi connectivity index (χ2v) is 8.14. The first-order valence-corrected chi connectivity index (χ1v) is 11.3. The van der Waals surface area contributed by atoms with Crippen molar-refractivity contribution in [2.45, 2.75) is 6.92 Å². The molecular weight excluding hydrogens is 436 g/mol. The zero-order valence-corrected chi connectivity index (χ0v) is 19.3. The van der Waals surface area contributed by atoms with E-state index in [1.165, 1.54) is 0 Å². The number of nitrogens with zero attached hydrogens (tertiary/aromatic N) is 3. The van der Waals surface area contributed by atoms with Gasteiger partial charge in [0.25, 0.3) is 5.91 Å². The van der Waals surface area contributed by atoms with Crippen LogP contribution in [0.4, 0.5) is 0 Å². The summed E-state index contributed by atoms with van der Waals surface area (Å²) < 4.78 is 7.56. The molecule has 0 radical (unpaired) electrons. The molecule has 0 aliphatic heterocycles. The van der Waals surface area contributed by atoms with E-state index < -0.39 is 0 Å². The number of carbonyl (C=O) groups excluding carboxylic acids is 1. The number of nitrogens with one attached hydrogen (secondary N) is 1. The lowest BCUT2D eigenvalue weighted by molar-refractivity contribution is -0.123. The summed E-state index contributed by atoms with van der Waals surface area (Å²) >= 11 is 0. The number of rotatable bonds is 7. The first-order valence-electron chi connectivity index (χ1n) is 11.3. The SMILES string of the molecule is Cc1cccc(-c2nn(-c3ccccc3)cc2/C=N\NC(=O)COc2cccc3ccccc23)c1. The number of fused-ring (bicyclic) bond motifs is 1. The molecule has 0 fully saturated rings. The number of amides is 1. The third-order valence-corrected chi connectivity index (χ3v) is 5.56. The highest BCUT2D eigenvalue weighted by molar-refractivity contribution is 5.90. The molecule has 6 nitrogen and oxygen atoms in total. The maximum Gasteiger partial charge on any atom is 0.277 e. The van der Waals surface area contributed by atoms with Gasteiger partial charge in [0, 0.05) is 22.7 Å². The summed E-state index contributed by atoms with van der Waals surface area (Å²) in [7, 11) is 0. The van der Waals surface area contributed by atoms with Crippen LogP contribution in [0.1, 0.15) is 11.1 Å². The third kappa shape index (κ3) is 5.12. The Kier molecular flexibility index (Phi) is 6.35. The van der Waals surface area contributed by atoms with Crippen LogP contribution >= 0.6 is 0 Å². The monoisotopic (exact) mass is 460 g/mol. The van der Waals surface area contributed by atoms with Crippen molar-refractivity contribution in [3.8, 4) is 22.7 Å². The molecule has 0 saturated carbocycles. The van der Waals surface area contributed by atoms with E-state index in [4.69, 9.17) is 9.84 Å². The summed E-state index contributed by atoms with van der Waals surface area (Å²) in [6.45, 7) is 1.90. The zero-order chi connectivity index (χ0) is 24.0. The molecule has 5 aromatic rings. The topological polar surface area (TPSA) is 68.5 Å². The Morgan fingerprint density at radius 3 is 2.60 bits per heavy atom. The molecule has 0 aliphatic carbocycles. The number of hydrazone groups is 1. The van der Waals surface area contributed by atoms with Crippen LogP contribution < -0.4 is 10.2 Å². The van der Waals surface area contributed by atoms with Gasteiger partial charge >= 0.3 is 0 Å². The first-order chi connectivity index (χ1) is 17.2. The predicted octanol–water partition coefficient (Wildman–Crippen LogP) is 5.53. The maximum absolute atomic E-state index is 12.4. The molecule has 1 N–H and O–H groups in total. The largest absolute Gasteiger partial charge is 0.483 e. The van der Waals surface area contributed by atoms with Gasteiger partial charge in [-0.3, -0.25) is 4.79 Å². The Hall–Kier alpha value is -4.71. The van der Waals surface area contributed by atoms with Crippen molar-refractivity contribution in [3.63, 3.8) is 0 Å². The lowest BCUT2D eigenvalue weighted by Gasteiger charge is -2.08. The smallest absolute Gasteiger partial charge is 0.277 e. The van der Waals surface area contributed by atoms with Gasteiger partial charge in [-0.05, 0) is 36.6 Å². The maximum atomic E-state index is 12.4. The number of hydrogen-bond donors (Lipinski definition) is 1. The summed E-state index contributed by atoms with van der Waals surface area (Å²) in [6, 6.07) is 31.7. The minimum absolute atomic E-state index is 0.140. The van der Waals surface area contributed by atoms with Crippen LogP contribution in [-0.4, -0.2) is 28.5 Å². The van der Waals surface area contributed by atoms with Crippen molar-refractivity contribution in [1.29, 1.82) is 0 Å². The van der Waals surface area contributed by atoms with Gasteiger partial charge in [-0.25, -0.2) is 10.1 Å². The highest BCUT2D eigenvalue weighted by Gasteiger charge is 2.12. The standard InChI is InChI=1S/C29H24N4O2/c1-21-9-7-12-23(17-21)29-24(19-33(32-29)25-13-3-2-4-14-25)18-30-31-28(34)20-35-27-16-8-11-22-10-5-6-15-26(22)27/h2-19H,20H2,1H3,(H,31,34)/b30-18-. The molecule has 35 heavy (non-hydrogen) atoms. The molecule has 172 valence electrons. The Morgan fingerprint density at radius 1 is 0.971 bits per heavy atom. The normalized spacial score (nSPS) is 11.1. The van der Waals surface area contributed by atoms with Gasteiger partial charge in [-0.1, -0.05) is 78.4 Å². The van der Waals surface area contributed by atoms with Gasteiger partial charge in [0.15, 0.2) is 6.61 Å². The van der Waals surface area contributed by atoms with E-state index in [-0.39, 0.29) is 12.5 Å². The fourth-order valence-corrected chi connectivity index (χ4v) is 3.88. The summed E-state index contributed by atoms with van der Waals surface area (Å²) in [5.41, 5.74) is 7.18. The number of ether oxygens (including phenoxy) is 1. The predicted molar refractivity (Wildman–Crippen MR) is 139 cm³/mol. The Morgan fingerprint density at radius 2 is 1.74 bits per heavy atom. The van der Waals surface area contributed by atoms with Gasteiger partial charge in [-0.15, -0.1) is 0 Å². The molecular formula is C29H24N4O2. The van der Waals surface area contributed by atoms with E-state index in [1.807, 2.05) is 109 Å². The molecule has 1 amide bonds. The summed E-state index contributed by atoms with van der Waals surface area (Å²) in [5.74, 6) is 0.315. The van der Waals surface area contributed by atoms with E-state index in [2.05, 4.69) is 16.6 Å². The molecule has 1 aromatic heterocycles. The molecule has 0 atom stereocenters. The van der Waals surface area contributed by atoms with Crippen LogP contribution in [-0.2, 0) is 4.79 Å². The number of aromatic nitrogens is 2. The third-order valence-electron chi connectivity index (χ3n) is 5.56. The molecule has 1 heterocycles. The van der Waals surface area contributed by atoms with Crippen molar-refractivity contribution in [3.05, 3.63) is 114 Å². The fraction of sp³-hybridized carbons (Fsp3) is 0.0690. The van der Waals surface area contributed by atoms with Crippen LogP contribution in [0, 0.1) is 6.92 Å². The Balaban J connectivity index is 1.32. The van der Waals surface area contributed by atoms with Crippen LogP contribution in [0.25, 0.3) is 27.7 Å². The van der Waals surface area contributed by atoms with Crippen LogP contribution in [0.2, 0.25) is 0 Å². The minimum Gasteiger partial charge on any atom is -0.483 e. The minimum atomic E-state index is -0.346. The van der Waals surface area contributed by atoms with Crippen LogP contribution in [0.15, 0.2) is 108 Å². The van der Waals surface area contributed by atoms with Gasteiger partial charge in [0.1, 0.15) is 11.4 Å². The molecule has 0 unspecified atom stereocenters. The van der Waals surface area contributed by atoms with E-state index >= 15 is 0 Å². The van der Waals surface area contributed by atoms with Gasteiger partial charge in [0.05, 0.1) is 11.9 Å². The number of benzene rings is 4. The van der Waals surface area contributed by atoms with Gasteiger partial charge in [-0.2, -0.15) is 10.2 Å². The lowest BCUT2D eigenvalue weighted by Crippen LogP contribution is -2.24. The molecule has 6 heteroatoms. The Labute approximate surface area is 203 Å². The highest BCUT2D eigenvalue weighted by Crippen LogP contribution is 2.25. The summed E-state index contributed by atoms with van der Waals surface area (Å²) in [6.07, 6.45) is 3.51. The second-order valence-electron chi connectivity index (χ2n) is 8.14. The fourth-order valence-electron chi connectivity index (χ4n) is 3.88. The number of aryl methyl sites for hydroxylation is 1. The van der Waals surface area contributed by atoms with E-state index in [1.54, 1.807) is 6.21 Å². The van der Waals surface area contributed by atoms with Gasteiger partial charge in [0.2, 0.25) is 0 Å². The van der Waals surface area contributed by atoms with E-state index in [0.717, 1.165) is 38.8 Å². The molecule has 0 bridgehead atoms. The van der Waals surface area contributed by atoms with E-state index in [9.17, 15) is 4.79 Å². The average molecular weight is 461 g/mol.